The van der Waals surface area contributed by atoms with Gasteiger partial charge in [0.2, 0.25) is 5.91 Å². The molecule has 9 heteroatoms. The van der Waals surface area contributed by atoms with Crippen LogP contribution in [-0.2, 0) is 16.8 Å². The van der Waals surface area contributed by atoms with E-state index in [9.17, 15) is 9.18 Å². The van der Waals surface area contributed by atoms with Gasteiger partial charge in [0.1, 0.15) is 11.6 Å². The largest absolute Gasteiger partial charge is 0.483 e. The van der Waals surface area contributed by atoms with Gasteiger partial charge in [0, 0.05) is 12.2 Å². The number of thioether (sulfide) groups is 1. The first-order valence-electron chi connectivity index (χ1n) is 10.7. The molecule has 1 amide bonds. The van der Waals surface area contributed by atoms with Crippen LogP contribution >= 0.6 is 23.4 Å². The Balaban J connectivity index is 1.62. The SMILES string of the molecule is CCn1c(SCC(=O)Nc2ccc(F)c(Cl)c2)nnc1C(C)Oc1ccc(C(C)(C)C)cc1. The molecule has 0 saturated heterocycles. The molecular weight excluding hydrogens is 463 g/mol. The molecule has 0 aliphatic carbocycles. The highest BCUT2D eigenvalue weighted by atomic mass is 35.5. The summed E-state index contributed by atoms with van der Waals surface area (Å²) in [4.78, 5) is 12.3. The van der Waals surface area contributed by atoms with Gasteiger partial charge < -0.3 is 14.6 Å². The number of hydrogen-bond acceptors (Lipinski definition) is 5. The monoisotopic (exact) mass is 490 g/mol. The van der Waals surface area contributed by atoms with Crippen molar-refractivity contribution >= 4 is 35.0 Å². The van der Waals surface area contributed by atoms with Crippen LogP contribution in [0.3, 0.4) is 0 Å². The molecule has 1 aromatic heterocycles. The van der Waals surface area contributed by atoms with Crippen molar-refractivity contribution in [1.29, 1.82) is 0 Å². The Morgan fingerprint density at radius 3 is 2.52 bits per heavy atom. The number of amides is 1. The Hall–Kier alpha value is -2.58. The van der Waals surface area contributed by atoms with Crippen LogP contribution in [0.4, 0.5) is 10.1 Å². The fraction of sp³-hybridized carbons (Fsp3) is 0.375. The summed E-state index contributed by atoms with van der Waals surface area (Å²) in [5, 5.41) is 11.8. The summed E-state index contributed by atoms with van der Waals surface area (Å²) in [7, 11) is 0. The smallest absolute Gasteiger partial charge is 0.234 e. The summed E-state index contributed by atoms with van der Waals surface area (Å²) in [5.74, 6) is 0.780. The Morgan fingerprint density at radius 1 is 1.21 bits per heavy atom. The minimum atomic E-state index is -0.533. The van der Waals surface area contributed by atoms with Crippen LogP contribution in [0.25, 0.3) is 0 Å². The molecule has 33 heavy (non-hydrogen) atoms. The maximum Gasteiger partial charge on any atom is 0.234 e. The Labute approximate surface area is 202 Å². The zero-order chi connectivity index (χ0) is 24.2. The average Bonchev–Trinajstić information content (AvgIpc) is 3.18. The molecule has 0 fully saturated rings. The number of hydrogen-bond donors (Lipinski definition) is 1. The van der Waals surface area contributed by atoms with E-state index >= 15 is 0 Å². The van der Waals surface area contributed by atoms with Crippen LogP contribution in [0.15, 0.2) is 47.6 Å². The van der Waals surface area contributed by atoms with E-state index in [-0.39, 0.29) is 28.2 Å². The highest BCUT2D eigenvalue weighted by molar-refractivity contribution is 7.99. The van der Waals surface area contributed by atoms with Crippen LogP contribution in [0.1, 0.15) is 52.1 Å². The number of carbonyl (C=O) groups excluding carboxylic acids is 1. The first-order valence-corrected chi connectivity index (χ1v) is 12.0. The maximum absolute atomic E-state index is 13.3. The molecule has 1 heterocycles. The van der Waals surface area contributed by atoms with Crippen LogP contribution in [0, 0.1) is 5.82 Å². The Bertz CT molecular complexity index is 1110. The van der Waals surface area contributed by atoms with Crippen molar-refractivity contribution in [2.45, 2.75) is 57.8 Å². The van der Waals surface area contributed by atoms with Gasteiger partial charge in [0.15, 0.2) is 17.1 Å². The number of aromatic nitrogens is 3. The number of carbonyl (C=O) groups is 1. The summed E-state index contributed by atoms with van der Waals surface area (Å²) in [6.45, 7) is 11.1. The minimum absolute atomic E-state index is 0.0437. The lowest BCUT2D eigenvalue weighted by atomic mass is 9.87. The number of rotatable bonds is 8. The minimum Gasteiger partial charge on any atom is -0.483 e. The molecule has 0 spiro atoms. The lowest BCUT2D eigenvalue weighted by Gasteiger charge is -2.20. The van der Waals surface area contributed by atoms with Crippen molar-refractivity contribution in [1.82, 2.24) is 14.8 Å². The van der Waals surface area contributed by atoms with Crippen LogP contribution in [0.2, 0.25) is 5.02 Å². The van der Waals surface area contributed by atoms with E-state index in [1.54, 1.807) is 0 Å². The highest BCUT2D eigenvalue weighted by Gasteiger charge is 2.20. The molecule has 0 aliphatic rings. The second-order valence-corrected chi connectivity index (χ2v) is 9.93. The van der Waals surface area contributed by atoms with Crippen LogP contribution < -0.4 is 10.1 Å². The molecular formula is C24H28ClFN4O2S. The number of nitrogens with zero attached hydrogens (tertiary/aromatic N) is 3. The van der Waals surface area contributed by atoms with Crippen LogP contribution in [-0.4, -0.2) is 26.4 Å². The zero-order valence-electron chi connectivity index (χ0n) is 19.4. The second-order valence-electron chi connectivity index (χ2n) is 8.59. The van der Waals surface area contributed by atoms with Gasteiger partial charge in [-0.05, 0) is 55.2 Å². The van der Waals surface area contributed by atoms with Gasteiger partial charge in [-0.3, -0.25) is 4.79 Å². The van der Waals surface area contributed by atoms with Crippen molar-refractivity contribution in [3.8, 4) is 5.75 Å². The van der Waals surface area contributed by atoms with E-state index in [0.717, 1.165) is 5.75 Å². The van der Waals surface area contributed by atoms with E-state index in [0.29, 0.717) is 23.2 Å². The molecule has 2 aromatic carbocycles. The fourth-order valence-electron chi connectivity index (χ4n) is 3.20. The topological polar surface area (TPSA) is 69.0 Å². The molecule has 176 valence electrons. The van der Waals surface area contributed by atoms with Crippen molar-refractivity contribution in [2.24, 2.45) is 0 Å². The number of anilines is 1. The highest BCUT2D eigenvalue weighted by Crippen LogP contribution is 2.28. The van der Waals surface area contributed by atoms with Gasteiger partial charge in [0.05, 0.1) is 10.8 Å². The van der Waals surface area contributed by atoms with Crippen molar-refractivity contribution in [3.05, 3.63) is 64.7 Å². The van der Waals surface area contributed by atoms with Crippen molar-refractivity contribution in [3.63, 3.8) is 0 Å². The molecule has 0 saturated carbocycles. The molecule has 1 atom stereocenters. The lowest BCUT2D eigenvalue weighted by Crippen LogP contribution is -2.15. The normalized spacial score (nSPS) is 12.5. The second kappa shape index (κ2) is 10.6. The van der Waals surface area contributed by atoms with E-state index < -0.39 is 5.82 Å². The molecule has 0 aliphatic heterocycles. The fourth-order valence-corrected chi connectivity index (χ4v) is 4.19. The van der Waals surface area contributed by atoms with Gasteiger partial charge in [-0.1, -0.05) is 56.3 Å². The molecule has 0 bridgehead atoms. The average molecular weight is 491 g/mol. The predicted molar refractivity (Wildman–Crippen MR) is 131 cm³/mol. The summed E-state index contributed by atoms with van der Waals surface area (Å²) in [6, 6.07) is 12.1. The zero-order valence-corrected chi connectivity index (χ0v) is 20.9. The third-order valence-corrected chi connectivity index (χ3v) is 6.25. The maximum atomic E-state index is 13.3. The van der Waals surface area contributed by atoms with Crippen molar-refractivity contribution in [2.75, 3.05) is 11.1 Å². The predicted octanol–water partition coefficient (Wildman–Crippen LogP) is 6.26. The van der Waals surface area contributed by atoms with Gasteiger partial charge in [-0.2, -0.15) is 0 Å². The molecule has 3 aromatic rings. The first kappa shape index (κ1) is 25.1. The molecule has 3 rings (SSSR count). The lowest BCUT2D eigenvalue weighted by molar-refractivity contribution is -0.113. The molecule has 1 N–H and O–H groups in total. The first-order chi connectivity index (χ1) is 15.6. The van der Waals surface area contributed by atoms with E-state index in [1.807, 2.05) is 30.5 Å². The quantitative estimate of drug-likeness (QED) is 0.377. The number of halogens is 2. The summed E-state index contributed by atoms with van der Waals surface area (Å²) in [6.07, 6.45) is -0.317. The van der Waals surface area contributed by atoms with Gasteiger partial charge in [0.25, 0.3) is 0 Å². The van der Waals surface area contributed by atoms with Gasteiger partial charge in [-0.25, -0.2) is 4.39 Å². The number of ether oxygens (including phenoxy) is 1. The third-order valence-electron chi connectivity index (χ3n) is 4.99. The molecule has 0 radical (unpaired) electrons. The Kier molecular flexibility index (Phi) is 8.02. The summed E-state index contributed by atoms with van der Waals surface area (Å²) >= 11 is 7.03. The summed E-state index contributed by atoms with van der Waals surface area (Å²) < 4.78 is 21.3. The standard InChI is InChI=1S/C24H28ClFN4O2S/c1-6-30-22(15(2)32-18-10-7-16(8-11-18)24(3,4)5)28-29-23(30)33-14-21(31)27-17-9-12-20(26)19(25)13-17/h7-13,15H,6,14H2,1-5H3,(H,27,31). The van der Waals surface area contributed by atoms with E-state index in [1.165, 1.54) is 35.5 Å². The van der Waals surface area contributed by atoms with E-state index in [2.05, 4.69) is 48.4 Å². The van der Waals surface area contributed by atoms with Gasteiger partial charge >= 0.3 is 0 Å². The number of nitrogens with one attached hydrogen (secondary N) is 1. The Morgan fingerprint density at radius 2 is 1.91 bits per heavy atom. The van der Waals surface area contributed by atoms with Crippen molar-refractivity contribution < 1.29 is 13.9 Å². The number of benzene rings is 2. The molecule has 1 unspecified atom stereocenters. The third kappa shape index (κ3) is 6.48. The molecule has 6 nitrogen and oxygen atoms in total. The van der Waals surface area contributed by atoms with Gasteiger partial charge in [-0.15, -0.1) is 10.2 Å². The summed E-state index contributed by atoms with van der Waals surface area (Å²) in [5.41, 5.74) is 1.75. The van der Waals surface area contributed by atoms with Crippen LogP contribution in [0.5, 0.6) is 5.75 Å². The van der Waals surface area contributed by atoms with E-state index in [4.69, 9.17) is 16.3 Å².